The molecule has 0 N–H and O–H groups in total. The highest BCUT2D eigenvalue weighted by Gasteiger charge is 2.44. The van der Waals surface area contributed by atoms with Crippen LogP contribution < -0.4 is 4.74 Å². The van der Waals surface area contributed by atoms with Gasteiger partial charge in [0.25, 0.3) is 0 Å². The fraction of sp³-hybridized carbons (Fsp3) is 0.650. The summed E-state index contributed by atoms with van der Waals surface area (Å²) in [5.74, 6) is 1.18. The van der Waals surface area contributed by atoms with Gasteiger partial charge in [0.15, 0.2) is 0 Å². The molecule has 1 unspecified atom stereocenters. The molecule has 1 heterocycles. The van der Waals surface area contributed by atoms with Crippen molar-refractivity contribution in [2.75, 3.05) is 21.2 Å². The van der Waals surface area contributed by atoms with E-state index < -0.39 is 0 Å². The van der Waals surface area contributed by atoms with Gasteiger partial charge in [0, 0.05) is 18.0 Å². The Morgan fingerprint density at radius 1 is 1.25 bits per heavy atom. The maximum Gasteiger partial charge on any atom is 0.338 e. The largest absolute Gasteiger partial charge is 0.486 e. The molecule has 1 aliphatic heterocycles. The SMILES string of the molecule is COC(=O)c1ccc2c(c1C)OC(C)(C1CCC(N(C)C)CC1)C2. The fourth-order valence-electron chi connectivity index (χ4n) is 4.44. The number of hydrogen-bond donors (Lipinski definition) is 0. The molecule has 1 saturated carbocycles. The summed E-state index contributed by atoms with van der Waals surface area (Å²) in [6.45, 7) is 4.20. The Kier molecular flexibility index (Phi) is 4.60. The number of nitrogens with zero attached hydrogens (tertiary/aromatic N) is 1. The van der Waals surface area contributed by atoms with Crippen molar-refractivity contribution < 1.29 is 14.3 Å². The first kappa shape index (κ1) is 17.3. The maximum atomic E-state index is 11.9. The van der Waals surface area contributed by atoms with Crippen molar-refractivity contribution in [3.8, 4) is 5.75 Å². The van der Waals surface area contributed by atoms with Crippen molar-refractivity contribution in [1.29, 1.82) is 0 Å². The van der Waals surface area contributed by atoms with Crippen LogP contribution in [-0.2, 0) is 11.2 Å². The van der Waals surface area contributed by atoms with Gasteiger partial charge in [-0.25, -0.2) is 4.79 Å². The summed E-state index contributed by atoms with van der Waals surface area (Å²) >= 11 is 0. The molecule has 2 aliphatic rings. The molecule has 24 heavy (non-hydrogen) atoms. The van der Waals surface area contributed by atoms with E-state index in [1.165, 1.54) is 38.4 Å². The van der Waals surface area contributed by atoms with Crippen molar-refractivity contribution in [3.63, 3.8) is 0 Å². The minimum Gasteiger partial charge on any atom is -0.486 e. The second-order valence-corrected chi connectivity index (χ2v) is 7.78. The summed E-state index contributed by atoms with van der Waals surface area (Å²) in [5.41, 5.74) is 2.58. The number of carbonyl (C=O) groups excluding carboxylic acids is 1. The van der Waals surface area contributed by atoms with Gasteiger partial charge in [0.05, 0.1) is 12.7 Å². The molecule has 1 atom stereocenters. The number of hydrogen-bond acceptors (Lipinski definition) is 4. The van der Waals surface area contributed by atoms with Crippen molar-refractivity contribution in [1.82, 2.24) is 4.90 Å². The van der Waals surface area contributed by atoms with E-state index in [0.717, 1.165) is 17.7 Å². The van der Waals surface area contributed by atoms with Crippen molar-refractivity contribution in [2.24, 2.45) is 5.92 Å². The van der Waals surface area contributed by atoms with E-state index in [0.29, 0.717) is 17.5 Å². The van der Waals surface area contributed by atoms with E-state index in [1.54, 1.807) is 0 Å². The first-order valence-corrected chi connectivity index (χ1v) is 8.92. The van der Waals surface area contributed by atoms with Gasteiger partial charge in [0.1, 0.15) is 11.4 Å². The Labute approximate surface area is 145 Å². The van der Waals surface area contributed by atoms with Crippen LogP contribution in [0.3, 0.4) is 0 Å². The van der Waals surface area contributed by atoms with Crippen molar-refractivity contribution in [2.45, 2.75) is 57.6 Å². The standard InChI is InChI=1S/C20H29NO3/c1-13-17(19(22)23-5)11-6-14-12-20(2,24-18(13)14)15-7-9-16(10-8-15)21(3)4/h6,11,15-16H,7-10,12H2,1-5H3. The Morgan fingerprint density at radius 3 is 2.50 bits per heavy atom. The van der Waals surface area contributed by atoms with Crippen LogP contribution in [0.2, 0.25) is 0 Å². The summed E-state index contributed by atoms with van der Waals surface area (Å²) in [5, 5.41) is 0. The molecule has 0 bridgehead atoms. The van der Waals surface area contributed by atoms with Gasteiger partial charge in [-0.2, -0.15) is 0 Å². The second kappa shape index (κ2) is 6.40. The smallest absolute Gasteiger partial charge is 0.338 e. The number of ether oxygens (including phenoxy) is 2. The Balaban J connectivity index is 1.78. The lowest BCUT2D eigenvalue weighted by Gasteiger charge is -2.40. The minimum atomic E-state index is -0.293. The molecular weight excluding hydrogens is 302 g/mol. The third-order valence-electron chi connectivity index (χ3n) is 6.06. The molecule has 3 rings (SSSR count). The van der Waals surface area contributed by atoms with E-state index in [4.69, 9.17) is 9.47 Å². The quantitative estimate of drug-likeness (QED) is 0.793. The molecule has 0 spiro atoms. The maximum absolute atomic E-state index is 11.9. The summed E-state index contributed by atoms with van der Waals surface area (Å²) in [7, 11) is 5.77. The molecule has 0 saturated heterocycles. The highest BCUT2D eigenvalue weighted by Crippen LogP contribution is 2.46. The Morgan fingerprint density at radius 2 is 1.92 bits per heavy atom. The van der Waals surface area contributed by atoms with E-state index in [2.05, 4.69) is 25.9 Å². The third-order valence-corrected chi connectivity index (χ3v) is 6.06. The van der Waals surface area contributed by atoms with E-state index in [-0.39, 0.29) is 11.6 Å². The number of esters is 1. The van der Waals surface area contributed by atoms with E-state index in [1.807, 2.05) is 19.1 Å². The molecule has 1 fully saturated rings. The topological polar surface area (TPSA) is 38.8 Å². The predicted octanol–water partition coefficient (Wildman–Crippen LogP) is 3.60. The number of rotatable bonds is 3. The number of methoxy groups -OCH3 is 1. The monoisotopic (exact) mass is 331 g/mol. The molecule has 1 aliphatic carbocycles. The lowest BCUT2D eigenvalue weighted by Crippen LogP contribution is -2.44. The lowest BCUT2D eigenvalue weighted by molar-refractivity contribution is 0.0157. The molecule has 0 amide bonds. The van der Waals surface area contributed by atoms with Crippen LogP contribution >= 0.6 is 0 Å². The molecule has 4 nitrogen and oxygen atoms in total. The molecule has 0 aromatic heterocycles. The number of benzene rings is 1. The van der Waals surface area contributed by atoms with Crippen LogP contribution in [0.15, 0.2) is 12.1 Å². The van der Waals surface area contributed by atoms with Crippen molar-refractivity contribution in [3.05, 3.63) is 28.8 Å². The third kappa shape index (κ3) is 2.92. The average molecular weight is 331 g/mol. The average Bonchev–Trinajstić information content (AvgIpc) is 2.93. The van der Waals surface area contributed by atoms with Gasteiger partial charge in [0.2, 0.25) is 0 Å². The predicted molar refractivity (Wildman–Crippen MR) is 94.7 cm³/mol. The van der Waals surface area contributed by atoms with Crippen molar-refractivity contribution >= 4 is 5.97 Å². The summed E-state index contributed by atoms with van der Waals surface area (Å²) in [6, 6.07) is 4.60. The van der Waals surface area contributed by atoms with Gasteiger partial charge in [-0.3, -0.25) is 0 Å². The zero-order valence-electron chi connectivity index (χ0n) is 15.5. The zero-order chi connectivity index (χ0) is 17.5. The Bertz CT molecular complexity index is 632. The molecule has 1 aromatic carbocycles. The highest BCUT2D eigenvalue weighted by atomic mass is 16.5. The molecule has 0 radical (unpaired) electrons. The van der Waals surface area contributed by atoms with Gasteiger partial charge in [-0.15, -0.1) is 0 Å². The van der Waals surface area contributed by atoms with Crippen LogP contribution in [0.1, 0.15) is 54.1 Å². The normalized spacial score (nSPS) is 29.2. The summed E-state index contributed by atoms with van der Waals surface area (Å²) in [6.07, 6.45) is 5.81. The van der Waals surface area contributed by atoms with Gasteiger partial charge < -0.3 is 14.4 Å². The van der Waals surface area contributed by atoms with E-state index in [9.17, 15) is 4.79 Å². The van der Waals surface area contributed by atoms with Crippen LogP contribution in [0.4, 0.5) is 0 Å². The summed E-state index contributed by atoms with van der Waals surface area (Å²) < 4.78 is 11.4. The van der Waals surface area contributed by atoms with Gasteiger partial charge >= 0.3 is 5.97 Å². The van der Waals surface area contributed by atoms with Crippen LogP contribution in [0.5, 0.6) is 5.75 Å². The van der Waals surface area contributed by atoms with Crippen LogP contribution in [0.25, 0.3) is 0 Å². The highest BCUT2D eigenvalue weighted by molar-refractivity contribution is 5.92. The lowest BCUT2D eigenvalue weighted by atomic mass is 9.74. The van der Waals surface area contributed by atoms with Crippen LogP contribution in [-0.4, -0.2) is 43.7 Å². The number of carbonyl (C=O) groups is 1. The zero-order valence-corrected chi connectivity index (χ0v) is 15.5. The molecular formula is C20H29NO3. The van der Waals surface area contributed by atoms with Gasteiger partial charge in [-0.1, -0.05) is 6.07 Å². The molecule has 1 aromatic rings. The molecule has 132 valence electrons. The van der Waals surface area contributed by atoms with E-state index >= 15 is 0 Å². The molecule has 4 heteroatoms. The number of fused-ring (bicyclic) bond motifs is 1. The van der Waals surface area contributed by atoms with Crippen LogP contribution in [0, 0.1) is 12.8 Å². The minimum absolute atomic E-state index is 0.154. The fourth-order valence-corrected chi connectivity index (χ4v) is 4.44. The second-order valence-electron chi connectivity index (χ2n) is 7.78. The Hall–Kier alpha value is -1.55. The van der Waals surface area contributed by atoms with Gasteiger partial charge in [-0.05, 0) is 71.2 Å². The first-order valence-electron chi connectivity index (χ1n) is 8.92. The summed E-state index contributed by atoms with van der Waals surface area (Å²) in [4.78, 5) is 14.3. The first-order chi connectivity index (χ1) is 11.4.